The first kappa shape index (κ1) is 11.7. The van der Waals surface area contributed by atoms with E-state index >= 15 is 0 Å². The Hall–Kier alpha value is -1.39. The van der Waals surface area contributed by atoms with Crippen molar-refractivity contribution < 1.29 is 9.90 Å². The van der Waals surface area contributed by atoms with E-state index in [0.29, 0.717) is 0 Å². The molecule has 1 aromatic rings. The van der Waals surface area contributed by atoms with Crippen LogP contribution in [-0.4, -0.2) is 26.1 Å². The number of carboxylic acid groups (broad SMARTS) is 1. The van der Waals surface area contributed by atoms with Gasteiger partial charge in [-0.2, -0.15) is 0 Å². The number of rotatable bonds is 6. The molecular weight excluding hydrogens is 194 g/mol. The standard InChI is InChI=1S/C10H17N3O2/c1-3-5-7-13-8(6-4-2)9(10(14)15)11-12-13/h3-7H2,1-2H3,(H,14,15). The Morgan fingerprint density at radius 2 is 2.13 bits per heavy atom. The van der Waals surface area contributed by atoms with Crippen molar-refractivity contribution in [3.8, 4) is 0 Å². The zero-order chi connectivity index (χ0) is 11.3. The van der Waals surface area contributed by atoms with E-state index < -0.39 is 5.97 Å². The molecule has 0 aliphatic heterocycles. The van der Waals surface area contributed by atoms with Gasteiger partial charge in [-0.15, -0.1) is 5.10 Å². The third-order valence-corrected chi connectivity index (χ3v) is 2.25. The van der Waals surface area contributed by atoms with Gasteiger partial charge in [-0.3, -0.25) is 0 Å². The van der Waals surface area contributed by atoms with Crippen LogP contribution in [-0.2, 0) is 13.0 Å². The lowest BCUT2D eigenvalue weighted by atomic mass is 10.2. The molecule has 0 spiro atoms. The summed E-state index contributed by atoms with van der Waals surface area (Å²) in [6.45, 7) is 4.86. The van der Waals surface area contributed by atoms with Crippen LogP contribution in [0.5, 0.6) is 0 Å². The van der Waals surface area contributed by atoms with Crippen LogP contribution in [0, 0.1) is 0 Å². The van der Waals surface area contributed by atoms with E-state index in [4.69, 9.17) is 5.11 Å². The number of hydrogen-bond acceptors (Lipinski definition) is 3. The van der Waals surface area contributed by atoms with Gasteiger partial charge in [0.25, 0.3) is 0 Å². The summed E-state index contributed by atoms with van der Waals surface area (Å²) in [4.78, 5) is 10.9. The number of unbranched alkanes of at least 4 members (excludes halogenated alkanes) is 1. The van der Waals surface area contributed by atoms with Crippen LogP contribution in [0.25, 0.3) is 0 Å². The first-order chi connectivity index (χ1) is 7.20. The summed E-state index contributed by atoms with van der Waals surface area (Å²) in [7, 11) is 0. The molecule has 1 aromatic heterocycles. The molecule has 0 saturated carbocycles. The van der Waals surface area contributed by atoms with Gasteiger partial charge < -0.3 is 5.11 Å². The maximum absolute atomic E-state index is 10.9. The van der Waals surface area contributed by atoms with E-state index in [0.717, 1.165) is 37.9 Å². The Labute approximate surface area is 89.1 Å². The fourth-order valence-corrected chi connectivity index (χ4v) is 1.47. The van der Waals surface area contributed by atoms with Gasteiger partial charge in [0.15, 0.2) is 5.69 Å². The lowest BCUT2D eigenvalue weighted by molar-refractivity contribution is 0.0689. The predicted octanol–water partition coefficient (Wildman–Crippen LogP) is 1.73. The second-order valence-corrected chi connectivity index (χ2v) is 3.52. The van der Waals surface area contributed by atoms with Crippen molar-refractivity contribution in [2.75, 3.05) is 0 Å². The Kier molecular flexibility index (Phi) is 4.27. The van der Waals surface area contributed by atoms with Gasteiger partial charge in [-0.05, 0) is 12.8 Å². The number of carbonyl (C=O) groups is 1. The summed E-state index contributed by atoms with van der Waals surface area (Å²) in [5.41, 5.74) is 0.853. The number of aromatic carboxylic acids is 1. The van der Waals surface area contributed by atoms with Crippen LogP contribution >= 0.6 is 0 Å². The summed E-state index contributed by atoms with van der Waals surface area (Å²) in [5.74, 6) is -0.985. The molecule has 84 valence electrons. The monoisotopic (exact) mass is 211 g/mol. The zero-order valence-corrected chi connectivity index (χ0v) is 9.23. The molecule has 0 radical (unpaired) electrons. The number of aryl methyl sites for hydroxylation is 1. The third-order valence-electron chi connectivity index (χ3n) is 2.25. The number of hydrogen-bond donors (Lipinski definition) is 1. The first-order valence-electron chi connectivity index (χ1n) is 5.36. The SMILES string of the molecule is CCCCn1nnc(C(=O)O)c1CCC. The van der Waals surface area contributed by atoms with Crippen molar-refractivity contribution in [1.82, 2.24) is 15.0 Å². The number of nitrogens with zero attached hydrogens (tertiary/aromatic N) is 3. The highest BCUT2D eigenvalue weighted by molar-refractivity contribution is 5.86. The van der Waals surface area contributed by atoms with Gasteiger partial charge >= 0.3 is 5.97 Å². The second-order valence-electron chi connectivity index (χ2n) is 3.52. The van der Waals surface area contributed by atoms with Crippen LogP contribution in [0.2, 0.25) is 0 Å². The predicted molar refractivity (Wildman–Crippen MR) is 55.9 cm³/mol. The Bertz CT molecular complexity index is 333. The number of carboxylic acids is 1. The molecule has 0 bridgehead atoms. The fraction of sp³-hybridized carbons (Fsp3) is 0.700. The third kappa shape index (κ3) is 2.78. The molecule has 1 heterocycles. The second kappa shape index (κ2) is 5.48. The molecule has 1 rings (SSSR count). The van der Waals surface area contributed by atoms with Crippen molar-refractivity contribution in [1.29, 1.82) is 0 Å². The molecule has 0 aliphatic carbocycles. The fourth-order valence-electron chi connectivity index (χ4n) is 1.47. The lowest BCUT2D eigenvalue weighted by Gasteiger charge is -2.04. The summed E-state index contributed by atoms with van der Waals surface area (Å²) in [5, 5.41) is 16.5. The molecule has 0 atom stereocenters. The van der Waals surface area contributed by atoms with E-state index in [2.05, 4.69) is 17.2 Å². The van der Waals surface area contributed by atoms with Crippen LogP contribution < -0.4 is 0 Å². The molecule has 1 N–H and O–H groups in total. The molecule has 0 amide bonds. The van der Waals surface area contributed by atoms with Crippen molar-refractivity contribution in [3.63, 3.8) is 0 Å². The minimum atomic E-state index is -0.985. The molecular formula is C10H17N3O2. The van der Waals surface area contributed by atoms with Crippen LogP contribution in [0.4, 0.5) is 0 Å². The van der Waals surface area contributed by atoms with E-state index in [1.54, 1.807) is 4.68 Å². The largest absolute Gasteiger partial charge is 0.476 e. The Morgan fingerprint density at radius 1 is 1.40 bits per heavy atom. The summed E-state index contributed by atoms with van der Waals surface area (Å²) in [6.07, 6.45) is 3.69. The molecule has 0 unspecified atom stereocenters. The van der Waals surface area contributed by atoms with E-state index in [-0.39, 0.29) is 5.69 Å². The summed E-state index contributed by atoms with van der Waals surface area (Å²) in [6, 6.07) is 0. The smallest absolute Gasteiger partial charge is 0.358 e. The normalized spacial score (nSPS) is 10.5. The van der Waals surface area contributed by atoms with Gasteiger partial charge in [0, 0.05) is 6.54 Å². The molecule has 5 heteroatoms. The lowest BCUT2D eigenvalue weighted by Crippen LogP contribution is -2.08. The molecule has 0 saturated heterocycles. The van der Waals surface area contributed by atoms with Gasteiger partial charge in [-0.1, -0.05) is 31.9 Å². The topological polar surface area (TPSA) is 68.0 Å². The zero-order valence-electron chi connectivity index (χ0n) is 9.23. The summed E-state index contributed by atoms with van der Waals surface area (Å²) < 4.78 is 1.72. The summed E-state index contributed by atoms with van der Waals surface area (Å²) >= 11 is 0. The van der Waals surface area contributed by atoms with Crippen LogP contribution in [0.15, 0.2) is 0 Å². The average molecular weight is 211 g/mol. The maximum atomic E-state index is 10.9. The molecule has 5 nitrogen and oxygen atoms in total. The maximum Gasteiger partial charge on any atom is 0.358 e. The van der Waals surface area contributed by atoms with Crippen LogP contribution in [0.3, 0.4) is 0 Å². The minimum absolute atomic E-state index is 0.105. The van der Waals surface area contributed by atoms with Crippen molar-refractivity contribution in [2.24, 2.45) is 0 Å². The molecule has 15 heavy (non-hydrogen) atoms. The van der Waals surface area contributed by atoms with Crippen LogP contribution in [0.1, 0.15) is 49.3 Å². The number of aromatic nitrogens is 3. The van der Waals surface area contributed by atoms with Gasteiger partial charge in [0.2, 0.25) is 0 Å². The van der Waals surface area contributed by atoms with Crippen molar-refractivity contribution in [3.05, 3.63) is 11.4 Å². The Morgan fingerprint density at radius 3 is 2.67 bits per heavy atom. The minimum Gasteiger partial charge on any atom is -0.476 e. The highest BCUT2D eigenvalue weighted by atomic mass is 16.4. The molecule has 0 aliphatic rings. The molecule has 0 aromatic carbocycles. The molecule has 0 fully saturated rings. The van der Waals surface area contributed by atoms with E-state index in [9.17, 15) is 4.79 Å². The van der Waals surface area contributed by atoms with Crippen molar-refractivity contribution >= 4 is 5.97 Å². The average Bonchev–Trinajstić information content (AvgIpc) is 2.59. The van der Waals surface area contributed by atoms with Gasteiger partial charge in [0.05, 0.1) is 5.69 Å². The highest BCUT2D eigenvalue weighted by Gasteiger charge is 2.17. The first-order valence-corrected chi connectivity index (χ1v) is 5.36. The van der Waals surface area contributed by atoms with Crippen molar-refractivity contribution in [2.45, 2.75) is 46.1 Å². The quantitative estimate of drug-likeness (QED) is 0.778. The van der Waals surface area contributed by atoms with E-state index in [1.807, 2.05) is 6.92 Å². The van der Waals surface area contributed by atoms with Gasteiger partial charge in [0.1, 0.15) is 0 Å². The van der Waals surface area contributed by atoms with Gasteiger partial charge in [-0.25, -0.2) is 9.48 Å². The Balaban J connectivity index is 2.90. The highest BCUT2D eigenvalue weighted by Crippen LogP contribution is 2.09. The van der Waals surface area contributed by atoms with E-state index in [1.165, 1.54) is 0 Å².